The van der Waals surface area contributed by atoms with Gasteiger partial charge in [-0.25, -0.2) is 9.91 Å². The number of nitro benzene ring substituents is 1. The van der Waals surface area contributed by atoms with Crippen molar-refractivity contribution < 1.29 is 24.1 Å². The van der Waals surface area contributed by atoms with Crippen molar-refractivity contribution in [3.63, 3.8) is 0 Å². The number of hydrogen-bond donors (Lipinski definition) is 1. The molecule has 1 heterocycles. The Morgan fingerprint density at radius 1 is 1.22 bits per heavy atom. The van der Waals surface area contributed by atoms with Gasteiger partial charge in [0.1, 0.15) is 6.04 Å². The van der Waals surface area contributed by atoms with Crippen LogP contribution >= 0.6 is 11.6 Å². The summed E-state index contributed by atoms with van der Waals surface area (Å²) in [6.07, 6.45) is -0.355. The molecule has 166 valence electrons. The van der Waals surface area contributed by atoms with Gasteiger partial charge < -0.3 is 0 Å². The van der Waals surface area contributed by atoms with E-state index in [1.165, 1.54) is 18.2 Å². The van der Waals surface area contributed by atoms with Crippen LogP contribution in [0.3, 0.4) is 0 Å². The van der Waals surface area contributed by atoms with Crippen molar-refractivity contribution in [2.24, 2.45) is 0 Å². The summed E-state index contributed by atoms with van der Waals surface area (Å²) in [5.74, 6) is -2.54. The summed E-state index contributed by atoms with van der Waals surface area (Å²) < 4.78 is 0. The van der Waals surface area contributed by atoms with Gasteiger partial charge in [0.05, 0.1) is 17.0 Å². The molecule has 2 aromatic rings. The maximum absolute atomic E-state index is 13.1. The standard InChI is InChI=1S/C21H19ClN4O6/c1-3-18(27)25(23-20(29)13-5-8-15(9-6-13)26(31)32)17-11-19(28)24(21(17)30)16-10-14(22)7-4-12(16)2/h4-10,17H,3,11H2,1-2H3,(H,23,29). The molecule has 1 N–H and O–H groups in total. The first-order valence-corrected chi connectivity index (χ1v) is 10.0. The highest BCUT2D eigenvalue weighted by Crippen LogP contribution is 2.30. The van der Waals surface area contributed by atoms with Gasteiger partial charge in [0, 0.05) is 29.1 Å². The number of aryl methyl sites for hydroxylation is 1. The minimum atomic E-state index is -1.24. The van der Waals surface area contributed by atoms with Gasteiger partial charge in [-0.3, -0.25) is 34.7 Å². The predicted octanol–water partition coefficient (Wildman–Crippen LogP) is 2.77. The average Bonchev–Trinajstić information content (AvgIpc) is 3.06. The van der Waals surface area contributed by atoms with E-state index in [0.717, 1.165) is 22.0 Å². The first-order valence-electron chi connectivity index (χ1n) is 9.64. The molecule has 1 unspecified atom stereocenters. The summed E-state index contributed by atoms with van der Waals surface area (Å²) >= 11 is 6.02. The van der Waals surface area contributed by atoms with Crippen LogP contribution in [0.4, 0.5) is 11.4 Å². The zero-order valence-corrected chi connectivity index (χ0v) is 18.0. The number of carbonyl (C=O) groups is 4. The third-order valence-corrected chi connectivity index (χ3v) is 5.22. The normalized spacial score (nSPS) is 15.6. The van der Waals surface area contributed by atoms with Crippen LogP contribution in [0.5, 0.6) is 0 Å². The summed E-state index contributed by atoms with van der Waals surface area (Å²) in [7, 11) is 0. The molecule has 0 spiro atoms. The highest BCUT2D eigenvalue weighted by molar-refractivity contribution is 6.31. The number of halogens is 1. The van der Waals surface area contributed by atoms with Gasteiger partial charge in [-0.05, 0) is 36.8 Å². The maximum atomic E-state index is 13.1. The molecule has 0 aromatic heterocycles. The van der Waals surface area contributed by atoms with E-state index in [2.05, 4.69) is 5.43 Å². The van der Waals surface area contributed by atoms with E-state index in [0.29, 0.717) is 16.3 Å². The van der Waals surface area contributed by atoms with Gasteiger partial charge in [0.15, 0.2) is 0 Å². The van der Waals surface area contributed by atoms with Crippen molar-refractivity contribution in [2.75, 3.05) is 4.90 Å². The zero-order chi connectivity index (χ0) is 23.6. The molecule has 1 saturated heterocycles. The molecule has 0 saturated carbocycles. The van der Waals surface area contributed by atoms with Gasteiger partial charge in [-0.2, -0.15) is 0 Å². The predicted molar refractivity (Wildman–Crippen MR) is 115 cm³/mol. The number of benzene rings is 2. The Kier molecular flexibility index (Phi) is 6.54. The van der Waals surface area contributed by atoms with Crippen molar-refractivity contribution in [2.45, 2.75) is 32.7 Å². The number of rotatable bonds is 5. The molecule has 3 rings (SSSR count). The van der Waals surface area contributed by atoms with E-state index in [4.69, 9.17) is 11.6 Å². The number of hydrazine groups is 1. The van der Waals surface area contributed by atoms with Crippen molar-refractivity contribution in [3.05, 3.63) is 68.7 Å². The van der Waals surface area contributed by atoms with Crippen molar-refractivity contribution in [1.82, 2.24) is 10.4 Å². The molecule has 1 atom stereocenters. The second kappa shape index (κ2) is 9.15. The number of amides is 4. The molecule has 11 heteroatoms. The van der Waals surface area contributed by atoms with Gasteiger partial charge in [-0.1, -0.05) is 24.6 Å². The molecular formula is C21H19ClN4O6. The number of nitro groups is 1. The van der Waals surface area contributed by atoms with Crippen molar-refractivity contribution in [3.8, 4) is 0 Å². The molecule has 10 nitrogen and oxygen atoms in total. The molecule has 0 aliphatic carbocycles. The SMILES string of the molecule is CCC(=O)N(NC(=O)c1ccc([N+](=O)[O-])cc1)C1CC(=O)N(c2cc(Cl)ccc2C)C1=O. The van der Waals surface area contributed by atoms with Crippen LogP contribution < -0.4 is 10.3 Å². The molecule has 0 bridgehead atoms. The van der Waals surface area contributed by atoms with Crippen LogP contribution in [0.2, 0.25) is 5.02 Å². The minimum Gasteiger partial charge on any atom is -0.274 e. The van der Waals surface area contributed by atoms with Gasteiger partial charge >= 0.3 is 0 Å². The molecular weight excluding hydrogens is 440 g/mol. The lowest BCUT2D eigenvalue weighted by Crippen LogP contribution is -2.54. The van der Waals surface area contributed by atoms with E-state index in [1.807, 2.05) is 0 Å². The lowest BCUT2D eigenvalue weighted by atomic mass is 10.2. The summed E-state index contributed by atoms with van der Waals surface area (Å²) in [6.45, 7) is 3.26. The van der Waals surface area contributed by atoms with Gasteiger partial charge in [0.25, 0.3) is 17.5 Å². The summed E-state index contributed by atoms with van der Waals surface area (Å²) in [4.78, 5) is 62.1. The molecule has 1 fully saturated rings. The number of non-ortho nitro benzene ring substituents is 1. The Bertz CT molecular complexity index is 1120. The van der Waals surface area contributed by atoms with Crippen LogP contribution in [0, 0.1) is 17.0 Å². The Balaban J connectivity index is 1.87. The topological polar surface area (TPSA) is 130 Å². The first-order chi connectivity index (χ1) is 15.1. The maximum Gasteiger partial charge on any atom is 0.269 e. The zero-order valence-electron chi connectivity index (χ0n) is 17.2. The number of nitrogens with zero attached hydrogens (tertiary/aromatic N) is 3. The number of anilines is 1. The second-order valence-electron chi connectivity index (χ2n) is 7.08. The highest BCUT2D eigenvalue weighted by atomic mass is 35.5. The Morgan fingerprint density at radius 2 is 1.88 bits per heavy atom. The molecule has 1 aliphatic rings. The highest BCUT2D eigenvalue weighted by Gasteiger charge is 2.45. The smallest absolute Gasteiger partial charge is 0.269 e. The quantitative estimate of drug-likeness (QED) is 0.416. The van der Waals surface area contributed by atoms with Gasteiger partial charge in [-0.15, -0.1) is 0 Å². The molecule has 32 heavy (non-hydrogen) atoms. The average molecular weight is 459 g/mol. The molecule has 0 radical (unpaired) electrons. The molecule has 4 amide bonds. The van der Waals surface area contributed by atoms with Crippen molar-refractivity contribution in [1.29, 1.82) is 0 Å². The van der Waals surface area contributed by atoms with Crippen LogP contribution in [0.15, 0.2) is 42.5 Å². The third-order valence-electron chi connectivity index (χ3n) is 4.98. The number of imide groups is 1. The molecule has 2 aromatic carbocycles. The van der Waals surface area contributed by atoms with Crippen LogP contribution in [-0.4, -0.2) is 39.6 Å². The van der Waals surface area contributed by atoms with Crippen molar-refractivity contribution >= 4 is 46.6 Å². The number of nitrogens with one attached hydrogen (secondary N) is 1. The number of carbonyl (C=O) groups excluding carboxylic acids is 4. The summed E-state index contributed by atoms with van der Waals surface area (Å²) in [6, 6.07) is 8.28. The monoisotopic (exact) mass is 458 g/mol. The van der Waals surface area contributed by atoms with E-state index in [9.17, 15) is 29.3 Å². The Morgan fingerprint density at radius 3 is 2.47 bits per heavy atom. The van der Waals surface area contributed by atoms with Crippen LogP contribution in [0.1, 0.15) is 35.7 Å². The van der Waals surface area contributed by atoms with Crippen LogP contribution in [0.25, 0.3) is 0 Å². The Hall–Kier alpha value is -3.79. The fourth-order valence-corrected chi connectivity index (χ4v) is 3.45. The van der Waals surface area contributed by atoms with E-state index < -0.39 is 34.6 Å². The summed E-state index contributed by atoms with van der Waals surface area (Å²) in [5, 5.41) is 12.0. The number of hydrogen-bond acceptors (Lipinski definition) is 6. The summed E-state index contributed by atoms with van der Waals surface area (Å²) in [5.41, 5.74) is 3.16. The lowest BCUT2D eigenvalue weighted by Gasteiger charge is -2.27. The van der Waals surface area contributed by atoms with E-state index in [1.54, 1.807) is 26.0 Å². The largest absolute Gasteiger partial charge is 0.274 e. The Labute approximate surface area is 187 Å². The fraction of sp³-hybridized carbons (Fsp3) is 0.238. The van der Waals surface area contributed by atoms with E-state index in [-0.39, 0.29) is 24.1 Å². The van der Waals surface area contributed by atoms with E-state index >= 15 is 0 Å². The minimum absolute atomic E-state index is 0.0330. The van der Waals surface area contributed by atoms with Crippen LogP contribution in [-0.2, 0) is 14.4 Å². The first kappa shape index (κ1) is 22.9. The third kappa shape index (κ3) is 4.45. The second-order valence-corrected chi connectivity index (χ2v) is 7.52. The molecule has 1 aliphatic heterocycles. The lowest BCUT2D eigenvalue weighted by molar-refractivity contribution is -0.384. The fourth-order valence-electron chi connectivity index (χ4n) is 3.29. The van der Waals surface area contributed by atoms with Gasteiger partial charge in [0.2, 0.25) is 11.8 Å².